The van der Waals surface area contributed by atoms with E-state index in [0.717, 1.165) is 10.4 Å². The Morgan fingerprint density at radius 1 is 1.37 bits per heavy atom. The molecule has 1 aliphatic rings. The summed E-state index contributed by atoms with van der Waals surface area (Å²) < 4.78 is 2.27. The number of hydrogen-bond donors (Lipinski definition) is 0. The molecule has 2 heterocycles. The van der Waals surface area contributed by atoms with Gasteiger partial charge in [0.2, 0.25) is 0 Å². The first-order valence-corrected chi connectivity index (χ1v) is 6.54. The average molecular weight is 273 g/mol. The second-order valence-electron chi connectivity index (χ2n) is 4.14. The Bertz CT molecular complexity index is 815. The third-order valence-corrected chi connectivity index (χ3v) is 3.95. The van der Waals surface area contributed by atoms with Gasteiger partial charge in [0.05, 0.1) is 17.0 Å². The van der Waals surface area contributed by atoms with Gasteiger partial charge in [0.15, 0.2) is 4.80 Å². The standard InChI is InChI=1S/C13H10N2O3S/c16-11-10(19-13-14-5-6-15(11)13)7-8-1-3-9(4-2-8)12(17)18/h1-4,7H,5-6H2,(H,17,18)/p-1. The van der Waals surface area contributed by atoms with E-state index in [1.807, 2.05) is 0 Å². The third kappa shape index (κ3) is 2.10. The minimum atomic E-state index is -1.21. The van der Waals surface area contributed by atoms with Crippen molar-refractivity contribution < 1.29 is 9.90 Å². The molecule has 96 valence electrons. The van der Waals surface area contributed by atoms with Gasteiger partial charge in [-0.15, -0.1) is 0 Å². The highest BCUT2D eigenvalue weighted by Gasteiger charge is 2.09. The van der Waals surface area contributed by atoms with Gasteiger partial charge in [-0.1, -0.05) is 35.6 Å². The lowest BCUT2D eigenvalue weighted by atomic mass is 10.1. The fraction of sp³-hybridized carbons (Fsp3) is 0.154. The molecule has 3 rings (SSSR count). The molecule has 0 atom stereocenters. The van der Waals surface area contributed by atoms with E-state index in [1.165, 1.54) is 23.5 Å². The molecule has 2 aromatic rings. The predicted octanol–water partition coefficient (Wildman–Crippen LogP) is -1.26. The maximum Gasteiger partial charge on any atom is 0.270 e. The van der Waals surface area contributed by atoms with Gasteiger partial charge in [-0.2, -0.15) is 0 Å². The largest absolute Gasteiger partial charge is 0.545 e. The van der Waals surface area contributed by atoms with E-state index in [0.29, 0.717) is 17.6 Å². The molecule has 0 bridgehead atoms. The Kier molecular flexibility index (Phi) is 2.79. The van der Waals surface area contributed by atoms with Crippen LogP contribution in [0.25, 0.3) is 6.08 Å². The monoisotopic (exact) mass is 273 g/mol. The number of hydrogen-bond acceptors (Lipinski definition) is 5. The summed E-state index contributed by atoms with van der Waals surface area (Å²) in [5.74, 6) is -1.21. The zero-order valence-corrected chi connectivity index (χ0v) is 10.6. The van der Waals surface area contributed by atoms with E-state index in [9.17, 15) is 14.7 Å². The smallest absolute Gasteiger partial charge is 0.270 e. The van der Waals surface area contributed by atoms with E-state index in [2.05, 4.69) is 4.99 Å². The average Bonchev–Trinajstić information content (AvgIpc) is 2.95. The Labute approximate surface area is 111 Å². The van der Waals surface area contributed by atoms with Crippen LogP contribution in [0.5, 0.6) is 0 Å². The summed E-state index contributed by atoms with van der Waals surface area (Å²) in [5, 5.41) is 10.6. The van der Waals surface area contributed by atoms with Crippen LogP contribution in [0.1, 0.15) is 15.9 Å². The van der Waals surface area contributed by atoms with Crippen LogP contribution in [-0.4, -0.2) is 17.1 Å². The zero-order chi connectivity index (χ0) is 13.4. The van der Waals surface area contributed by atoms with Gasteiger partial charge < -0.3 is 9.90 Å². The van der Waals surface area contributed by atoms with E-state index < -0.39 is 5.97 Å². The summed E-state index contributed by atoms with van der Waals surface area (Å²) >= 11 is 1.35. The summed E-state index contributed by atoms with van der Waals surface area (Å²) in [5.41, 5.74) is 0.866. The number of rotatable bonds is 2. The molecule has 0 fully saturated rings. The first-order valence-electron chi connectivity index (χ1n) is 5.72. The molecule has 19 heavy (non-hydrogen) atoms. The van der Waals surface area contributed by atoms with Gasteiger partial charge in [0.25, 0.3) is 5.56 Å². The van der Waals surface area contributed by atoms with E-state index >= 15 is 0 Å². The number of fused-ring (bicyclic) bond motifs is 1. The van der Waals surface area contributed by atoms with Crippen LogP contribution in [0.2, 0.25) is 0 Å². The molecule has 0 saturated carbocycles. The van der Waals surface area contributed by atoms with Crippen LogP contribution in [-0.2, 0) is 6.54 Å². The molecule has 0 radical (unpaired) electrons. The predicted molar refractivity (Wildman–Crippen MR) is 68.6 cm³/mol. The van der Waals surface area contributed by atoms with Crippen molar-refractivity contribution in [3.63, 3.8) is 0 Å². The van der Waals surface area contributed by atoms with Gasteiger partial charge in [0, 0.05) is 6.54 Å². The Balaban J connectivity index is 2.07. The van der Waals surface area contributed by atoms with E-state index in [1.54, 1.807) is 22.8 Å². The van der Waals surface area contributed by atoms with Crippen LogP contribution in [0.15, 0.2) is 34.1 Å². The van der Waals surface area contributed by atoms with Gasteiger partial charge in [-0.25, -0.2) is 0 Å². The summed E-state index contributed by atoms with van der Waals surface area (Å²) in [6, 6.07) is 6.23. The van der Waals surface area contributed by atoms with Crippen LogP contribution in [0.4, 0.5) is 0 Å². The highest BCUT2D eigenvalue weighted by Crippen LogP contribution is 2.04. The van der Waals surface area contributed by atoms with Gasteiger partial charge in [-0.05, 0) is 17.2 Å². The lowest BCUT2D eigenvalue weighted by molar-refractivity contribution is -0.255. The fourth-order valence-electron chi connectivity index (χ4n) is 1.94. The molecule has 1 aromatic heterocycles. The lowest BCUT2D eigenvalue weighted by Crippen LogP contribution is -2.29. The molecule has 0 saturated heterocycles. The number of carboxylic acids is 1. The molecule has 1 aliphatic heterocycles. The van der Waals surface area contributed by atoms with Crippen molar-refractivity contribution in [3.8, 4) is 0 Å². The van der Waals surface area contributed by atoms with Crippen molar-refractivity contribution in [2.75, 3.05) is 6.54 Å². The number of carbonyl (C=O) groups is 1. The molecule has 1 aromatic carbocycles. The van der Waals surface area contributed by atoms with E-state index in [4.69, 9.17) is 0 Å². The normalized spacial score (nSPS) is 14.2. The van der Waals surface area contributed by atoms with E-state index in [-0.39, 0.29) is 11.1 Å². The molecule has 6 heteroatoms. The summed E-state index contributed by atoms with van der Waals surface area (Å²) in [6.07, 6.45) is 1.74. The summed E-state index contributed by atoms with van der Waals surface area (Å²) in [7, 11) is 0. The highest BCUT2D eigenvalue weighted by atomic mass is 32.1. The summed E-state index contributed by atoms with van der Waals surface area (Å²) in [6.45, 7) is 1.31. The number of carbonyl (C=O) groups excluding carboxylic acids is 1. The molecule has 0 amide bonds. The van der Waals surface area contributed by atoms with Crippen LogP contribution in [0.3, 0.4) is 0 Å². The molecule has 0 unspecified atom stereocenters. The number of benzene rings is 1. The van der Waals surface area contributed by atoms with Crippen molar-refractivity contribution in [2.45, 2.75) is 6.54 Å². The second kappa shape index (κ2) is 4.47. The molecule has 0 N–H and O–H groups in total. The number of aromatic carboxylic acids is 1. The van der Waals surface area contributed by atoms with Crippen molar-refractivity contribution in [1.29, 1.82) is 0 Å². The van der Waals surface area contributed by atoms with Crippen LogP contribution < -0.4 is 20.0 Å². The Hall–Kier alpha value is -2.21. The number of thiazole rings is 1. The van der Waals surface area contributed by atoms with Crippen molar-refractivity contribution in [1.82, 2.24) is 4.57 Å². The molecule has 5 nitrogen and oxygen atoms in total. The van der Waals surface area contributed by atoms with Crippen molar-refractivity contribution >= 4 is 23.4 Å². The Morgan fingerprint density at radius 3 is 2.74 bits per heavy atom. The highest BCUT2D eigenvalue weighted by molar-refractivity contribution is 7.07. The van der Waals surface area contributed by atoms with Gasteiger partial charge in [-0.3, -0.25) is 14.4 Å². The van der Waals surface area contributed by atoms with Gasteiger partial charge >= 0.3 is 0 Å². The van der Waals surface area contributed by atoms with Crippen LogP contribution >= 0.6 is 11.3 Å². The Morgan fingerprint density at radius 2 is 2.11 bits per heavy atom. The van der Waals surface area contributed by atoms with Crippen LogP contribution in [0, 0.1) is 0 Å². The maximum absolute atomic E-state index is 12.0. The zero-order valence-electron chi connectivity index (χ0n) is 9.83. The van der Waals surface area contributed by atoms with Gasteiger partial charge in [0.1, 0.15) is 0 Å². The van der Waals surface area contributed by atoms with Crippen molar-refractivity contribution in [2.24, 2.45) is 4.99 Å². The molecule has 0 spiro atoms. The second-order valence-corrected chi connectivity index (χ2v) is 5.15. The first kappa shape index (κ1) is 11.9. The SMILES string of the molecule is O=C([O-])c1ccc(C=c2sc3n(c2=O)CCN=3)cc1. The summed E-state index contributed by atoms with van der Waals surface area (Å²) in [4.78, 5) is 27.6. The van der Waals surface area contributed by atoms with Crippen molar-refractivity contribution in [3.05, 3.63) is 55.1 Å². The fourth-order valence-corrected chi connectivity index (χ4v) is 2.96. The molecule has 0 aliphatic carbocycles. The minimum absolute atomic E-state index is 0.0368. The number of nitrogens with zero attached hydrogens (tertiary/aromatic N) is 2. The third-order valence-electron chi connectivity index (χ3n) is 2.90. The molecular weight excluding hydrogens is 264 g/mol. The minimum Gasteiger partial charge on any atom is -0.545 e. The topological polar surface area (TPSA) is 74.5 Å². The maximum atomic E-state index is 12.0. The lowest BCUT2D eigenvalue weighted by Gasteiger charge is -2.01. The quantitative estimate of drug-likeness (QED) is 0.685. The first-order chi connectivity index (χ1) is 9.15. The molecular formula is C13H9N2O3S-. The number of carboxylic acid groups (broad SMARTS) is 1. The number of aromatic nitrogens is 1.